The molecule has 0 aliphatic carbocycles. The molecule has 0 spiro atoms. The molecule has 0 saturated carbocycles. The van der Waals surface area contributed by atoms with Crippen molar-refractivity contribution in [1.29, 1.82) is 0 Å². The molecule has 32 heavy (non-hydrogen) atoms. The van der Waals surface area contributed by atoms with Crippen LogP contribution in [0.4, 0.5) is 5.69 Å². The van der Waals surface area contributed by atoms with Gasteiger partial charge in [0.2, 0.25) is 10.0 Å². The maximum atomic E-state index is 12.4. The Labute approximate surface area is 193 Å². The number of hydrogen-bond acceptors (Lipinski definition) is 5. The first-order valence-corrected chi connectivity index (χ1v) is 13.3. The summed E-state index contributed by atoms with van der Waals surface area (Å²) in [6, 6.07) is 16.5. The van der Waals surface area contributed by atoms with Gasteiger partial charge in [-0.05, 0) is 70.8 Å². The Hall–Kier alpha value is -2.09. The molecular formula is C25H37N3O3S. The zero-order valence-corrected chi connectivity index (χ0v) is 20.7. The summed E-state index contributed by atoms with van der Waals surface area (Å²) >= 11 is 0. The quantitative estimate of drug-likeness (QED) is 0.587. The van der Waals surface area contributed by atoms with E-state index in [0.29, 0.717) is 12.2 Å². The number of nitrogens with one attached hydrogen (secondary N) is 2. The number of ether oxygens (including phenoxy) is 1. The lowest BCUT2D eigenvalue weighted by Gasteiger charge is -2.34. The third-order valence-corrected chi connectivity index (χ3v) is 7.01. The van der Waals surface area contributed by atoms with E-state index in [1.165, 1.54) is 16.1 Å². The highest BCUT2D eigenvalue weighted by molar-refractivity contribution is 7.92. The molecule has 2 aromatic carbocycles. The first-order valence-electron chi connectivity index (χ1n) is 11.5. The summed E-state index contributed by atoms with van der Waals surface area (Å²) < 4.78 is 32.4. The predicted molar refractivity (Wildman–Crippen MR) is 132 cm³/mol. The Morgan fingerprint density at radius 2 is 1.84 bits per heavy atom. The second kappa shape index (κ2) is 10.7. The first-order chi connectivity index (χ1) is 15.2. The largest absolute Gasteiger partial charge is 0.491 e. The van der Waals surface area contributed by atoms with Gasteiger partial charge in [0.15, 0.2) is 0 Å². The highest BCUT2D eigenvalue weighted by Crippen LogP contribution is 2.30. The van der Waals surface area contributed by atoms with Gasteiger partial charge < -0.3 is 15.4 Å². The van der Waals surface area contributed by atoms with Crippen molar-refractivity contribution in [3.8, 4) is 5.75 Å². The molecule has 0 unspecified atom stereocenters. The molecule has 0 amide bonds. The summed E-state index contributed by atoms with van der Waals surface area (Å²) in [5, 5.41) is 7.38. The smallest absolute Gasteiger partial charge is 0.232 e. The van der Waals surface area contributed by atoms with E-state index in [1.807, 2.05) is 52.0 Å². The van der Waals surface area contributed by atoms with Gasteiger partial charge in [0, 0.05) is 30.2 Å². The maximum Gasteiger partial charge on any atom is 0.232 e. The highest BCUT2D eigenvalue weighted by atomic mass is 32.2. The molecule has 1 fully saturated rings. The third kappa shape index (κ3) is 6.24. The van der Waals surface area contributed by atoms with Gasteiger partial charge in [0.1, 0.15) is 5.75 Å². The third-order valence-electron chi connectivity index (χ3n) is 5.66. The first kappa shape index (κ1) is 24.6. The lowest BCUT2D eigenvalue weighted by molar-refractivity contribution is 0.238. The van der Waals surface area contributed by atoms with E-state index in [0.717, 1.165) is 30.7 Å². The van der Waals surface area contributed by atoms with Crippen molar-refractivity contribution in [3.63, 3.8) is 0 Å². The molecule has 1 heterocycles. The molecule has 1 aliphatic heterocycles. The summed E-state index contributed by atoms with van der Waals surface area (Å²) in [6.07, 6.45) is 3.48. The van der Waals surface area contributed by atoms with Crippen molar-refractivity contribution in [2.24, 2.45) is 0 Å². The molecule has 1 aliphatic rings. The lowest BCUT2D eigenvalue weighted by Crippen LogP contribution is -2.45. The van der Waals surface area contributed by atoms with Crippen LogP contribution in [0.2, 0.25) is 0 Å². The number of nitrogens with zero attached hydrogens (tertiary/aromatic N) is 1. The SMILES string of the molecule is CC(C)Oc1ccc(N(C(C)C)S(C)(=O)=O)cc1CN[C@@H]1CCCN[C@@H]1c1ccccc1. The average molecular weight is 460 g/mol. The van der Waals surface area contributed by atoms with Crippen LogP contribution in [-0.4, -0.2) is 39.4 Å². The van der Waals surface area contributed by atoms with Crippen LogP contribution in [0.15, 0.2) is 48.5 Å². The number of piperidine rings is 1. The summed E-state index contributed by atoms with van der Waals surface area (Å²) in [7, 11) is -3.39. The number of anilines is 1. The second-order valence-electron chi connectivity index (χ2n) is 9.08. The minimum Gasteiger partial charge on any atom is -0.491 e. The fraction of sp³-hybridized carbons (Fsp3) is 0.520. The lowest BCUT2D eigenvalue weighted by atomic mass is 9.92. The van der Waals surface area contributed by atoms with Crippen molar-refractivity contribution in [1.82, 2.24) is 10.6 Å². The zero-order chi connectivity index (χ0) is 23.3. The van der Waals surface area contributed by atoms with Crippen LogP contribution in [0, 0.1) is 0 Å². The van der Waals surface area contributed by atoms with Gasteiger partial charge in [-0.1, -0.05) is 30.3 Å². The van der Waals surface area contributed by atoms with Gasteiger partial charge in [-0.2, -0.15) is 0 Å². The van der Waals surface area contributed by atoms with Crippen molar-refractivity contribution in [2.75, 3.05) is 17.1 Å². The van der Waals surface area contributed by atoms with Crippen molar-refractivity contribution < 1.29 is 13.2 Å². The molecule has 176 valence electrons. The Bertz CT molecular complexity index is 977. The molecule has 3 rings (SSSR count). The normalized spacial score (nSPS) is 19.3. The van der Waals surface area contributed by atoms with Crippen LogP contribution in [0.5, 0.6) is 5.75 Å². The molecule has 1 saturated heterocycles. The van der Waals surface area contributed by atoms with Gasteiger partial charge in [0.05, 0.1) is 18.0 Å². The minimum atomic E-state index is -3.39. The molecule has 2 atom stereocenters. The molecule has 0 bridgehead atoms. The Balaban J connectivity index is 1.87. The topological polar surface area (TPSA) is 70.7 Å². The number of benzene rings is 2. The Morgan fingerprint density at radius 3 is 2.47 bits per heavy atom. The standard InChI is InChI=1S/C25H37N3O3S/c1-18(2)28(32(5,29)30)22-13-14-24(31-19(3)4)21(16-22)17-27-23-12-9-15-26-25(23)20-10-7-6-8-11-20/h6-8,10-11,13-14,16,18-19,23,25-27H,9,12,15,17H2,1-5H3/t23-,25-/m1/s1. The fourth-order valence-corrected chi connectivity index (χ4v) is 5.70. The van der Waals surface area contributed by atoms with Crippen molar-refractivity contribution in [2.45, 2.75) is 71.3 Å². The summed E-state index contributed by atoms with van der Waals surface area (Å²) in [5.41, 5.74) is 2.90. The summed E-state index contributed by atoms with van der Waals surface area (Å²) in [6.45, 7) is 9.37. The van der Waals surface area contributed by atoms with Crippen LogP contribution < -0.4 is 19.7 Å². The molecule has 6 nitrogen and oxygen atoms in total. The maximum absolute atomic E-state index is 12.4. The van der Waals surface area contributed by atoms with E-state index >= 15 is 0 Å². The fourth-order valence-electron chi connectivity index (χ4n) is 4.44. The van der Waals surface area contributed by atoms with E-state index < -0.39 is 10.0 Å². The van der Waals surface area contributed by atoms with Crippen LogP contribution in [-0.2, 0) is 16.6 Å². The molecule has 2 N–H and O–H groups in total. The predicted octanol–water partition coefficient (Wildman–Crippen LogP) is 4.23. The van der Waals surface area contributed by atoms with Crippen molar-refractivity contribution >= 4 is 15.7 Å². The van der Waals surface area contributed by atoms with Gasteiger partial charge in [-0.25, -0.2) is 8.42 Å². The zero-order valence-electron chi connectivity index (χ0n) is 19.8. The minimum absolute atomic E-state index is 0.0316. The van der Waals surface area contributed by atoms with E-state index in [1.54, 1.807) is 0 Å². The highest BCUT2D eigenvalue weighted by Gasteiger charge is 2.27. The van der Waals surface area contributed by atoms with Crippen molar-refractivity contribution in [3.05, 3.63) is 59.7 Å². The summed E-state index contributed by atoms with van der Waals surface area (Å²) in [5.74, 6) is 0.786. The number of sulfonamides is 1. The molecule has 0 radical (unpaired) electrons. The molecular weight excluding hydrogens is 422 g/mol. The Kier molecular flexibility index (Phi) is 8.20. The van der Waals surface area contributed by atoms with Gasteiger partial charge in [0.25, 0.3) is 0 Å². The van der Waals surface area contributed by atoms with Crippen LogP contribution >= 0.6 is 0 Å². The Morgan fingerprint density at radius 1 is 1.12 bits per heavy atom. The van der Waals surface area contributed by atoms with Gasteiger partial charge in [-0.3, -0.25) is 4.31 Å². The number of hydrogen-bond donors (Lipinski definition) is 2. The van der Waals surface area contributed by atoms with Gasteiger partial charge in [-0.15, -0.1) is 0 Å². The van der Waals surface area contributed by atoms with E-state index in [9.17, 15) is 8.42 Å². The number of rotatable bonds is 9. The molecule has 0 aromatic heterocycles. The van der Waals surface area contributed by atoms with Crippen LogP contribution in [0.3, 0.4) is 0 Å². The molecule has 2 aromatic rings. The van der Waals surface area contributed by atoms with E-state index in [2.05, 4.69) is 34.9 Å². The van der Waals surface area contributed by atoms with E-state index in [-0.39, 0.29) is 24.2 Å². The second-order valence-corrected chi connectivity index (χ2v) is 10.9. The van der Waals surface area contributed by atoms with Gasteiger partial charge >= 0.3 is 0 Å². The van der Waals surface area contributed by atoms with E-state index in [4.69, 9.17) is 4.74 Å². The average Bonchev–Trinajstić information content (AvgIpc) is 2.73. The van der Waals surface area contributed by atoms with Crippen LogP contribution in [0.1, 0.15) is 57.7 Å². The monoisotopic (exact) mass is 459 g/mol. The molecule has 7 heteroatoms. The summed E-state index contributed by atoms with van der Waals surface area (Å²) in [4.78, 5) is 0. The van der Waals surface area contributed by atoms with Crippen LogP contribution in [0.25, 0.3) is 0 Å².